The van der Waals surface area contributed by atoms with Crippen LogP contribution in [0.15, 0.2) is 16.6 Å². The molecule has 0 aromatic heterocycles. The normalized spacial score (nSPS) is 23.2. The van der Waals surface area contributed by atoms with Gasteiger partial charge in [0.15, 0.2) is 0 Å². The summed E-state index contributed by atoms with van der Waals surface area (Å²) in [6, 6.07) is 2.60. The van der Waals surface area contributed by atoms with Gasteiger partial charge in [0, 0.05) is 38.1 Å². The van der Waals surface area contributed by atoms with E-state index < -0.39 is 0 Å². The SMILES string of the molecule is CC/C(=C\C(C)/C(=N\C(=N)OC[C@@H]1CCCN1C)N1CCNCC1)CC#N. The monoisotopic (exact) mass is 374 g/mol. The zero-order valence-electron chi connectivity index (χ0n) is 17.0. The van der Waals surface area contributed by atoms with Crippen LogP contribution < -0.4 is 5.32 Å². The minimum atomic E-state index is -0.0117. The fourth-order valence-corrected chi connectivity index (χ4v) is 3.69. The quantitative estimate of drug-likeness (QED) is 0.423. The van der Waals surface area contributed by atoms with Crippen LogP contribution in [0.1, 0.15) is 39.5 Å². The molecule has 0 aromatic carbocycles. The summed E-state index contributed by atoms with van der Waals surface area (Å²) >= 11 is 0. The van der Waals surface area contributed by atoms with Gasteiger partial charge in [-0.25, -0.2) is 5.41 Å². The van der Waals surface area contributed by atoms with Crippen molar-refractivity contribution in [3.05, 3.63) is 11.6 Å². The first-order valence-corrected chi connectivity index (χ1v) is 10.1. The third-order valence-electron chi connectivity index (χ3n) is 5.39. The minimum absolute atomic E-state index is 0.0117. The van der Waals surface area contributed by atoms with Crippen molar-refractivity contribution in [1.82, 2.24) is 15.1 Å². The Morgan fingerprint density at radius 3 is 2.74 bits per heavy atom. The van der Waals surface area contributed by atoms with Gasteiger partial charge in [0.05, 0.1) is 12.5 Å². The summed E-state index contributed by atoms with van der Waals surface area (Å²) in [4.78, 5) is 9.08. The molecule has 2 fully saturated rings. The van der Waals surface area contributed by atoms with Crippen LogP contribution in [0.2, 0.25) is 0 Å². The van der Waals surface area contributed by atoms with Gasteiger partial charge in [0.25, 0.3) is 0 Å². The topological polar surface area (TPSA) is 87.7 Å². The van der Waals surface area contributed by atoms with Gasteiger partial charge in [-0.1, -0.05) is 25.5 Å². The van der Waals surface area contributed by atoms with E-state index >= 15 is 0 Å². The molecule has 2 atom stereocenters. The number of nitrogens with zero attached hydrogens (tertiary/aromatic N) is 4. The molecule has 150 valence electrons. The highest BCUT2D eigenvalue weighted by molar-refractivity contribution is 5.95. The number of likely N-dealkylation sites (tertiary alicyclic amines) is 1. The Morgan fingerprint density at radius 1 is 1.41 bits per heavy atom. The molecule has 0 amide bonds. The number of amidine groups is 2. The van der Waals surface area contributed by atoms with Crippen molar-refractivity contribution in [2.75, 3.05) is 46.4 Å². The van der Waals surface area contributed by atoms with E-state index in [0.29, 0.717) is 19.1 Å². The second-order valence-corrected chi connectivity index (χ2v) is 7.40. The number of likely N-dealkylation sites (N-methyl/N-ethyl adjacent to an activating group) is 1. The fraction of sp³-hybridized carbons (Fsp3) is 0.750. The number of nitrogens with one attached hydrogen (secondary N) is 2. The Hall–Kier alpha value is -1.91. The maximum absolute atomic E-state index is 9.01. The number of nitriles is 1. The summed E-state index contributed by atoms with van der Waals surface area (Å²) in [6.45, 7) is 9.34. The van der Waals surface area contributed by atoms with Gasteiger partial charge < -0.3 is 19.9 Å². The molecule has 2 heterocycles. The molecule has 1 unspecified atom stereocenters. The first kappa shape index (κ1) is 21.4. The second kappa shape index (κ2) is 11.1. The predicted octanol–water partition coefficient (Wildman–Crippen LogP) is 2.22. The average molecular weight is 375 g/mol. The number of hydrogen-bond acceptors (Lipinski definition) is 5. The Bertz CT molecular complexity index is 588. The van der Waals surface area contributed by atoms with Crippen LogP contribution in [-0.4, -0.2) is 74.1 Å². The molecule has 0 aromatic rings. The van der Waals surface area contributed by atoms with Gasteiger partial charge in [-0.05, 0) is 32.9 Å². The van der Waals surface area contributed by atoms with Crippen LogP contribution in [0.5, 0.6) is 0 Å². The van der Waals surface area contributed by atoms with Crippen LogP contribution in [0.4, 0.5) is 0 Å². The number of hydrogen-bond donors (Lipinski definition) is 2. The van der Waals surface area contributed by atoms with E-state index in [-0.39, 0.29) is 11.9 Å². The van der Waals surface area contributed by atoms with Crippen molar-refractivity contribution < 1.29 is 4.74 Å². The average Bonchev–Trinajstić information content (AvgIpc) is 3.09. The highest BCUT2D eigenvalue weighted by atomic mass is 16.5. The maximum Gasteiger partial charge on any atom is 0.310 e. The standard InChI is InChI=1S/C20H34N6O/c1-4-17(7-8-21)14-16(2)19(26-12-9-23-10-13-26)24-20(22)27-15-18-6-5-11-25(18)3/h14,16,18,22-23H,4-7,9-13,15H2,1-3H3/b17-14+,22-20?,24-19+/t16?,18-/m0/s1. The lowest BCUT2D eigenvalue weighted by Crippen LogP contribution is -2.48. The molecule has 27 heavy (non-hydrogen) atoms. The molecule has 7 heteroatoms. The van der Waals surface area contributed by atoms with Crippen LogP contribution in [0.25, 0.3) is 0 Å². The van der Waals surface area contributed by atoms with Crippen molar-refractivity contribution in [2.45, 2.75) is 45.6 Å². The van der Waals surface area contributed by atoms with Gasteiger partial charge in [-0.3, -0.25) is 0 Å². The first-order chi connectivity index (χ1) is 13.0. The Labute approximate surface area is 163 Å². The maximum atomic E-state index is 9.01. The van der Waals surface area contributed by atoms with Crippen LogP contribution in [-0.2, 0) is 4.74 Å². The van der Waals surface area contributed by atoms with Gasteiger partial charge in [-0.2, -0.15) is 10.3 Å². The summed E-state index contributed by atoms with van der Waals surface area (Å²) in [5.74, 6) is 0.912. The van der Waals surface area contributed by atoms with Crippen molar-refractivity contribution in [3.63, 3.8) is 0 Å². The van der Waals surface area contributed by atoms with E-state index in [9.17, 15) is 0 Å². The largest absolute Gasteiger partial charge is 0.462 e. The number of ether oxygens (including phenoxy) is 1. The zero-order valence-corrected chi connectivity index (χ0v) is 17.0. The summed E-state index contributed by atoms with van der Waals surface area (Å²) < 4.78 is 5.69. The summed E-state index contributed by atoms with van der Waals surface area (Å²) in [7, 11) is 2.11. The second-order valence-electron chi connectivity index (χ2n) is 7.40. The highest BCUT2D eigenvalue weighted by Crippen LogP contribution is 2.17. The van der Waals surface area contributed by atoms with Crippen molar-refractivity contribution >= 4 is 11.9 Å². The van der Waals surface area contributed by atoms with E-state index in [0.717, 1.165) is 57.0 Å². The van der Waals surface area contributed by atoms with Crippen LogP contribution >= 0.6 is 0 Å². The van der Waals surface area contributed by atoms with Crippen LogP contribution in [0.3, 0.4) is 0 Å². The summed E-state index contributed by atoms with van der Waals surface area (Å²) in [6.07, 6.45) is 5.73. The first-order valence-electron chi connectivity index (χ1n) is 10.1. The summed E-state index contributed by atoms with van der Waals surface area (Å²) in [5, 5.41) is 20.6. The molecule has 0 spiro atoms. The minimum Gasteiger partial charge on any atom is -0.462 e. The lowest BCUT2D eigenvalue weighted by atomic mass is 10.0. The molecule has 0 saturated carbocycles. The van der Waals surface area contributed by atoms with Gasteiger partial charge >= 0.3 is 6.02 Å². The Kier molecular flexibility index (Phi) is 8.76. The smallest absolute Gasteiger partial charge is 0.310 e. The number of allylic oxidation sites excluding steroid dienone is 1. The molecule has 2 aliphatic rings. The molecule has 0 aliphatic carbocycles. The number of piperazine rings is 1. The fourth-order valence-electron chi connectivity index (χ4n) is 3.69. The molecule has 2 aliphatic heterocycles. The Morgan fingerprint density at radius 2 is 2.15 bits per heavy atom. The molecular weight excluding hydrogens is 340 g/mol. The number of rotatable bonds is 6. The van der Waals surface area contributed by atoms with Crippen molar-refractivity contribution in [2.24, 2.45) is 10.9 Å². The Balaban J connectivity index is 2.09. The summed E-state index contributed by atoms with van der Waals surface area (Å²) in [5.41, 5.74) is 1.12. The van der Waals surface area contributed by atoms with E-state index in [4.69, 9.17) is 15.4 Å². The van der Waals surface area contributed by atoms with Gasteiger partial charge in [0.2, 0.25) is 0 Å². The van der Waals surface area contributed by atoms with E-state index in [1.165, 1.54) is 6.42 Å². The third-order valence-corrected chi connectivity index (χ3v) is 5.39. The third kappa shape index (κ3) is 6.64. The van der Waals surface area contributed by atoms with E-state index in [2.05, 4.69) is 53.1 Å². The molecule has 0 bridgehead atoms. The van der Waals surface area contributed by atoms with E-state index in [1.807, 2.05) is 0 Å². The zero-order chi connectivity index (χ0) is 19.6. The van der Waals surface area contributed by atoms with Gasteiger partial charge in [0.1, 0.15) is 12.4 Å². The molecule has 2 N–H and O–H groups in total. The number of aliphatic imine (C=N–C) groups is 1. The molecule has 7 nitrogen and oxygen atoms in total. The molecule has 2 rings (SSSR count). The van der Waals surface area contributed by atoms with Gasteiger partial charge in [-0.15, -0.1) is 0 Å². The lowest BCUT2D eigenvalue weighted by molar-refractivity contribution is 0.186. The van der Waals surface area contributed by atoms with Crippen molar-refractivity contribution in [1.29, 1.82) is 10.7 Å². The molecular formula is C20H34N6O. The predicted molar refractivity (Wildman–Crippen MR) is 109 cm³/mol. The van der Waals surface area contributed by atoms with E-state index in [1.54, 1.807) is 0 Å². The van der Waals surface area contributed by atoms with Crippen molar-refractivity contribution in [3.8, 4) is 6.07 Å². The lowest BCUT2D eigenvalue weighted by Gasteiger charge is -2.32. The van der Waals surface area contributed by atoms with Crippen LogP contribution in [0, 0.1) is 22.7 Å². The molecule has 2 saturated heterocycles. The molecule has 0 radical (unpaired) electrons. The highest BCUT2D eigenvalue weighted by Gasteiger charge is 2.23.